The maximum Gasteiger partial charge on any atom is 0.0907 e. The normalized spacial score (nSPS) is 19.9. The summed E-state index contributed by atoms with van der Waals surface area (Å²) < 4.78 is 2.43. The third-order valence-corrected chi connectivity index (χ3v) is 7.76. The van der Waals surface area contributed by atoms with Gasteiger partial charge in [-0.1, -0.05) is 47.9 Å². The lowest BCUT2D eigenvalue weighted by Crippen LogP contribution is -1.87. The minimum absolute atomic E-state index is 1.04. The first kappa shape index (κ1) is 10.6. The molecule has 15 heavy (non-hydrogen) atoms. The molecule has 0 bridgehead atoms. The first-order chi connectivity index (χ1) is 7.34. The Morgan fingerprint density at radius 3 is 2.53 bits per heavy atom. The number of fused-ring (bicyclic) bond motifs is 1. The number of thioether (sulfide) groups is 4. The van der Waals surface area contributed by atoms with Crippen LogP contribution in [0.5, 0.6) is 0 Å². The molecule has 0 fully saturated rings. The highest BCUT2D eigenvalue weighted by molar-refractivity contribution is 8.35. The molecular weight excluding hydrogens is 280 g/mol. The smallest absolute Gasteiger partial charge is 0.0907 e. The standard InChI is InChI=1S/C10H6S5/c11-9-8-10(13-5-12-8)15-7-4-2-1-3-6(7)14-9/h1-4H,5H2. The Kier molecular flexibility index (Phi) is 3.09. The van der Waals surface area contributed by atoms with Crippen molar-refractivity contribution in [2.45, 2.75) is 9.79 Å². The van der Waals surface area contributed by atoms with Gasteiger partial charge >= 0.3 is 0 Å². The maximum atomic E-state index is 5.46. The van der Waals surface area contributed by atoms with E-state index in [1.165, 1.54) is 18.9 Å². The molecule has 0 amide bonds. The maximum absolute atomic E-state index is 5.46. The van der Waals surface area contributed by atoms with Gasteiger partial charge in [0, 0.05) is 14.9 Å². The van der Waals surface area contributed by atoms with Crippen LogP contribution in [-0.4, -0.2) is 9.28 Å². The fourth-order valence-corrected chi connectivity index (χ4v) is 7.32. The van der Waals surface area contributed by atoms with Gasteiger partial charge in [-0.25, -0.2) is 0 Å². The minimum atomic E-state index is 1.04. The summed E-state index contributed by atoms with van der Waals surface area (Å²) in [7, 11) is 0. The number of hydrogen-bond acceptors (Lipinski definition) is 5. The van der Waals surface area contributed by atoms with Crippen LogP contribution in [0.4, 0.5) is 0 Å². The van der Waals surface area contributed by atoms with Gasteiger partial charge in [0.25, 0.3) is 0 Å². The molecule has 0 aromatic heterocycles. The lowest BCUT2D eigenvalue weighted by atomic mass is 10.4. The third kappa shape index (κ3) is 2.00. The third-order valence-electron chi connectivity index (χ3n) is 2.02. The molecule has 2 aliphatic heterocycles. The van der Waals surface area contributed by atoms with Crippen LogP contribution in [0.2, 0.25) is 0 Å². The average Bonchev–Trinajstić information content (AvgIpc) is 2.64. The summed E-state index contributed by atoms with van der Waals surface area (Å²) in [5, 5.41) is 1.11. The Balaban J connectivity index is 2.08. The molecule has 0 nitrogen and oxygen atoms in total. The number of rotatable bonds is 0. The summed E-state index contributed by atoms with van der Waals surface area (Å²) in [4.78, 5) is 3.95. The number of benzene rings is 1. The van der Waals surface area contributed by atoms with E-state index in [0.29, 0.717) is 0 Å². The van der Waals surface area contributed by atoms with Crippen LogP contribution >= 0.6 is 59.3 Å². The predicted octanol–water partition coefficient (Wildman–Crippen LogP) is 4.82. The summed E-state index contributed by atoms with van der Waals surface area (Å²) in [5.41, 5.74) is 0. The Bertz CT molecular complexity index is 463. The molecule has 76 valence electrons. The summed E-state index contributed by atoms with van der Waals surface area (Å²) in [5.74, 6) is 0. The fourth-order valence-electron chi connectivity index (χ4n) is 1.35. The molecule has 0 saturated carbocycles. The van der Waals surface area contributed by atoms with Crippen molar-refractivity contribution < 1.29 is 0 Å². The van der Waals surface area contributed by atoms with E-state index in [4.69, 9.17) is 12.2 Å². The van der Waals surface area contributed by atoms with Crippen molar-refractivity contribution in [3.8, 4) is 0 Å². The predicted molar refractivity (Wildman–Crippen MR) is 77.8 cm³/mol. The molecule has 0 radical (unpaired) electrons. The molecule has 0 atom stereocenters. The first-order valence-electron chi connectivity index (χ1n) is 4.33. The van der Waals surface area contributed by atoms with Crippen molar-refractivity contribution in [2.75, 3.05) is 5.08 Å². The summed E-state index contributed by atoms with van der Waals surface area (Å²) in [6.45, 7) is 0. The Labute approximate surface area is 111 Å². The van der Waals surface area contributed by atoms with E-state index in [9.17, 15) is 0 Å². The zero-order valence-corrected chi connectivity index (χ0v) is 11.6. The van der Waals surface area contributed by atoms with Crippen molar-refractivity contribution in [1.29, 1.82) is 0 Å². The van der Waals surface area contributed by atoms with Crippen molar-refractivity contribution in [3.63, 3.8) is 0 Å². The fraction of sp³-hybridized carbons (Fsp3) is 0.100. The van der Waals surface area contributed by atoms with E-state index >= 15 is 0 Å². The van der Waals surface area contributed by atoms with E-state index < -0.39 is 0 Å². The minimum Gasteiger partial charge on any atom is -0.111 e. The summed E-state index contributed by atoms with van der Waals surface area (Å²) in [6, 6.07) is 8.49. The zero-order valence-electron chi connectivity index (χ0n) is 7.56. The van der Waals surface area contributed by atoms with Crippen LogP contribution in [0.1, 0.15) is 0 Å². The van der Waals surface area contributed by atoms with E-state index in [-0.39, 0.29) is 0 Å². The highest BCUT2D eigenvalue weighted by atomic mass is 32.2. The summed E-state index contributed by atoms with van der Waals surface area (Å²) >= 11 is 12.8. The molecule has 0 spiro atoms. The quantitative estimate of drug-likeness (QED) is 0.625. The molecule has 0 aliphatic carbocycles. The van der Waals surface area contributed by atoms with Crippen LogP contribution in [0.25, 0.3) is 0 Å². The topological polar surface area (TPSA) is 0 Å². The van der Waals surface area contributed by atoms with Crippen molar-refractivity contribution >= 4 is 63.5 Å². The molecule has 0 N–H and O–H groups in total. The molecule has 1 aromatic rings. The Morgan fingerprint density at radius 1 is 1.00 bits per heavy atom. The van der Waals surface area contributed by atoms with Crippen LogP contribution in [-0.2, 0) is 0 Å². The SMILES string of the molecule is S=C1Sc2ccccc2SC2=C1SCS2. The van der Waals surface area contributed by atoms with E-state index in [1.807, 2.05) is 35.3 Å². The monoisotopic (exact) mass is 286 g/mol. The van der Waals surface area contributed by atoms with Gasteiger partial charge in [0.2, 0.25) is 0 Å². The largest absolute Gasteiger partial charge is 0.111 e. The highest BCUT2D eigenvalue weighted by Crippen LogP contribution is 2.54. The molecule has 0 unspecified atom stereocenters. The highest BCUT2D eigenvalue weighted by Gasteiger charge is 2.25. The van der Waals surface area contributed by atoms with Crippen LogP contribution in [0.3, 0.4) is 0 Å². The van der Waals surface area contributed by atoms with Gasteiger partial charge in [-0.3, -0.25) is 0 Å². The van der Waals surface area contributed by atoms with Crippen molar-refractivity contribution in [1.82, 2.24) is 0 Å². The van der Waals surface area contributed by atoms with Crippen molar-refractivity contribution in [2.24, 2.45) is 0 Å². The second-order valence-corrected chi connectivity index (χ2v) is 8.33. The lowest BCUT2D eigenvalue weighted by molar-refractivity contribution is 1.26. The van der Waals surface area contributed by atoms with Gasteiger partial charge in [-0.05, 0) is 12.1 Å². The number of thiocarbonyl (C=S) groups is 1. The molecular formula is C10H6S5. The van der Waals surface area contributed by atoms with E-state index in [2.05, 4.69) is 24.3 Å². The molecule has 3 rings (SSSR count). The van der Waals surface area contributed by atoms with E-state index in [0.717, 1.165) is 9.28 Å². The second kappa shape index (κ2) is 4.37. The molecule has 2 heterocycles. The summed E-state index contributed by atoms with van der Waals surface area (Å²) in [6.07, 6.45) is 0. The molecule has 5 heteroatoms. The van der Waals surface area contributed by atoms with Gasteiger partial charge in [-0.2, -0.15) is 0 Å². The van der Waals surface area contributed by atoms with E-state index in [1.54, 1.807) is 11.8 Å². The second-order valence-electron chi connectivity index (χ2n) is 2.96. The van der Waals surface area contributed by atoms with Gasteiger partial charge in [0.05, 0.1) is 13.3 Å². The van der Waals surface area contributed by atoms with Gasteiger partial charge in [-0.15, -0.1) is 23.5 Å². The van der Waals surface area contributed by atoms with Gasteiger partial charge in [0.15, 0.2) is 0 Å². The van der Waals surface area contributed by atoms with Gasteiger partial charge < -0.3 is 0 Å². The average molecular weight is 286 g/mol. The Hall–Kier alpha value is 0.450. The molecule has 2 aliphatic rings. The molecule has 0 saturated heterocycles. The van der Waals surface area contributed by atoms with Crippen LogP contribution in [0.15, 0.2) is 43.2 Å². The van der Waals surface area contributed by atoms with Gasteiger partial charge in [0.1, 0.15) is 0 Å². The first-order valence-corrected chi connectivity index (χ1v) is 8.35. The Morgan fingerprint density at radius 2 is 1.73 bits per heavy atom. The lowest BCUT2D eigenvalue weighted by Gasteiger charge is -2.04. The molecule has 1 aromatic carbocycles. The number of hydrogen-bond donors (Lipinski definition) is 0. The van der Waals surface area contributed by atoms with Crippen LogP contribution < -0.4 is 0 Å². The zero-order chi connectivity index (χ0) is 10.3. The van der Waals surface area contributed by atoms with Crippen molar-refractivity contribution in [3.05, 3.63) is 33.4 Å². The van der Waals surface area contributed by atoms with Crippen LogP contribution in [0, 0.1) is 0 Å².